The zero-order valence-electron chi connectivity index (χ0n) is 8.61. The second kappa shape index (κ2) is 6.28. The van der Waals surface area contributed by atoms with Gasteiger partial charge in [0.1, 0.15) is 5.97 Å². The summed E-state index contributed by atoms with van der Waals surface area (Å²) in [6.45, 7) is 0. The summed E-state index contributed by atoms with van der Waals surface area (Å²) in [6.07, 6.45) is 0. The SMILES string of the molecule is O=C([O-])c1nnc(-c2cc(Cl)cc(Cl)c2)o1.[K+]. The van der Waals surface area contributed by atoms with Crippen LogP contribution in [0.25, 0.3) is 11.5 Å². The van der Waals surface area contributed by atoms with Crippen LogP contribution in [-0.2, 0) is 0 Å². The van der Waals surface area contributed by atoms with Crippen LogP contribution in [0.4, 0.5) is 0 Å². The molecular weight excluding hydrogens is 294 g/mol. The van der Waals surface area contributed by atoms with E-state index in [0.717, 1.165) is 0 Å². The zero-order valence-corrected chi connectivity index (χ0v) is 13.2. The fourth-order valence-corrected chi connectivity index (χ4v) is 1.63. The van der Waals surface area contributed by atoms with Crippen LogP contribution in [0.1, 0.15) is 10.7 Å². The molecule has 1 aromatic carbocycles. The number of carboxylic acid groups (broad SMARTS) is 1. The van der Waals surface area contributed by atoms with Crippen LogP contribution in [0.3, 0.4) is 0 Å². The van der Waals surface area contributed by atoms with Crippen molar-refractivity contribution in [2.45, 2.75) is 0 Å². The monoisotopic (exact) mass is 296 g/mol. The molecule has 0 radical (unpaired) electrons. The number of rotatable bonds is 2. The van der Waals surface area contributed by atoms with E-state index < -0.39 is 11.9 Å². The first kappa shape index (κ1) is 15.1. The first-order valence-electron chi connectivity index (χ1n) is 4.07. The van der Waals surface area contributed by atoms with Gasteiger partial charge in [-0.1, -0.05) is 23.2 Å². The van der Waals surface area contributed by atoms with Gasteiger partial charge in [-0.15, -0.1) is 10.2 Å². The number of carboxylic acids is 1. The predicted molar refractivity (Wildman–Crippen MR) is 54.1 cm³/mol. The molecule has 0 fully saturated rings. The summed E-state index contributed by atoms with van der Waals surface area (Å²) in [5.74, 6) is -2.11. The average molecular weight is 297 g/mol. The molecule has 17 heavy (non-hydrogen) atoms. The Morgan fingerprint density at radius 1 is 1.18 bits per heavy atom. The number of hydrogen-bond acceptors (Lipinski definition) is 5. The third-order valence-corrected chi connectivity index (χ3v) is 2.15. The molecule has 0 spiro atoms. The summed E-state index contributed by atoms with van der Waals surface area (Å²) >= 11 is 11.5. The van der Waals surface area contributed by atoms with E-state index in [9.17, 15) is 9.90 Å². The maximum absolute atomic E-state index is 10.4. The van der Waals surface area contributed by atoms with E-state index >= 15 is 0 Å². The van der Waals surface area contributed by atoms with Crippen molar-refractivity contribution in [3.05, 3.63) is 34.1 Å². The average Bonchev–Trinajstić information content (AvgIpc) is 2.64. The minimum Gasteiger partial charge on any atom is -0.540 e. The van der Waals surface area contributed by atoms with Gasteiger partial charge in [0.05, 0.1) is 0 Å². The van der Waals surface area contributed by atoms with Gasteiger partial charge in [-0.2, -0.15) is 0 Å². The first-order chi connectivity index (χ1) is 7.56. The molecule has 0 aliphatic rings. The van der Waals surface area contributed by atoms with E-state index in [4.69, 9.17) is 27.6 Å². The van der Waals surface area contributed by atoms with Crippen molar-refractivity contribution in [2.24, 2.45) is 0 Å². The number of nitrogens with zero attached hydrogens (tertiary/aromatic N) is 2. The predicted octanol–water partition coefficient (Wildman–Crippen LogP) is -1.59. The molecule has 0 amide bonds. The molecule has 82 valence electrons. The molecule has 0 aliphatic heterocycles. The number of hydrogen-bond donors (Lipinski definition) is 0. The van der Waals surface area contributed by atoms with E-state index in [1.54, 1.807) is 0 Å². The molecule has 0 bridgehead atoms. The number of aromatic nitrogens is 2. The van der Waals surface area contributed by atoms with Crippen molar-refractivity contribution in [1.29, 1.82) is 0 Å². The minimum atomic E-state index is -1.54. The molecule has 0 aliphatic carbocycles. The molecule has 5 nitrogen and oxygen atoms in total. The summed E-state index contributed by atoms with van der Waals surface area (Å²) in [7, 11) is 0. The topological polar surface area (TPSA) is 79.0 Å². The van der Waals surface area contributed by atoms with Crippen LogP contribution < -0.4 is 56.5 Å². The van der Waals surface area contributed by atoms with Gasteiger partial charge in [-0.25, -0.2) is 0 Å². The van der Waals surface area contributed by atoms with Crippen molar-refractivity contribution in [1.82, 2.24) is 10.2 Å². The Bertz CT molecular complexity index is 539. The fraction of sp³-hybridized carbons (Fsp3) is 0. The third-order valence-electron chi connectivity index (χ3n) is 1.71. The Kier molecular flexibility index (Phi) is 5.58. The van der Waals surface area contributed by atoms with Gasteiger partial charge < -0.3 is 14.3 Å². The van der Waals surface area contributed by atoms with E-state index in [-0.39, 0.29) is 57.3 Å². The minimum absolute atomic E-state index is 0. The van der Waals surface area contributed by atoms with Crippen molar-refractivity contribution in [2.75, 3.05) is 0 Å². The van der Waals surface area contributed by atoms with Crippen molar-refractivity contribution in [3.63, 3.8) is 0 Å². The first-order valence-corrected chi connectivity index (χ1v) is 4.83. The van der Waals surface area contributed by atoms with Gasteiger partial charge in [-0.3, -0.25) is 0 Å². The fourth-order valence-electron chi connectivity index (χ4n) is 1.10. The number of benzene rings is 1. The second-order valence-electron chi connectivity index (χ2n) is 2.86. The van der Waals surface area contributed by atoms with Crippen LogP contribution in [0, 0.1) is 0 Å². The summed E-state index contributed by atoms with van der Waals surface area (Å²) in [6, 6.07) is 4.59. The normalized spacial score (nSPS) is 9.76. The van der Waals surface area contributed by atoms with Crippen LogP contribution in [0.5, 0.6) is 0 Å². The second-order valence-corrected chi connectivity index (χ2v) is 3.73. The van der Waals surface area contributed by atoms with E-state index in [1.165, 1.54) is 18.2 Å². The zero-order chi connectivity index (χ0) is 11.7. The van der Waals surface area contributed by atoms with Crippen LogP contribution in [-0.4, -0.2) is 16.2 Å². The number of carbonyl (C=O) groups excluding carboxylic acids is 1. The quantitative estimate of drug-likeness (QED) is 0.625. The Morgan fingerprint density at radius 3 is 2.24 bits per heavy atom. The van der Waals surface area contributed by atoms with Crippen molar-refractivity contribution in [3.8, 4) is 11.5 Å². The largest absolute Gasteiger partial charge is 1.00 e. The molecule has 0 unspecified atom stereocenters. The Morgan fingerprint density at radius 2 is 1.76 bits per heavy atom. The van der Waals surface area contributed by atoms with E-state index in [2.05, 4.69) is 10.2 Å². The Hall–Kier alpha value is 0.0464. The van der Waals surface area contributed by atoms with E-state index in [1.807, 2.05) is 0 Å². The smallest absolute Gasteiger partial charge is 0.540 e. The van der Waals surface area contributed by atoms with Crippen molar-refractivity contribution >= 4 is 29.2 Å². The van der Waals surface area contributed by atoms with Gasteiger partial charge in [0.2, 0.25) is 5.89 Å². The van der Waals surface area contributed by atoms with Gasteiger partial charge in [0, 0.05) is 15.6 Å². The molecule has 1 heterocycles. The molecule has 2 aromatic rings. The van der Waals surface area contributed by atoms with Crippen LogP contribution in [0.2, 0.25) is 10.0 Å². The molecule has 0 saturated carbocycles. The Labute approximate surface area is 149 Å². The molecule has 0 saturated heterocycles. The summed E-state index contributed by atoms with van der Waals surface area (Å²) < 4.78 is 4.84. The van der Waals surface area contributed by atoms with E-state index in [0.29, 0.717) is 15.6 Å². The summed E-state index contributed by atoms with van der Waals surface area (Å²) in [5, 5.41) is 18.0. The summed E-state index contributed by atoms with van der Waals surface area (Å²) in [5.41, 5.74) is 0.442. The van der Waals surface area contributed by atoms with Gasteiger partial charge in [-0.05, 0) is 18.2 Å². The van der Waals surface area contributed by atoms with Crippen LogP contribution >= 0.6 is 23.2 Å². The molecule has 0 N–H and O–H groups in total. The van der Waals surface area contributed by atoms with Crippen molar-refractivity contribution < 1.29 is 65.7 Å². The summed E-state index contributed by atoms with van der Waals surface area (Å²) in [4.78, 5) is 10.4. The number of carbonyl (C=O) groups is 1. The molecule has 2 rings (SSSR count). The molecule has 8 heteroatoms. The van der Waals surface area contributed by atoms with Gasteiger partial charge >= 0.3 is 51.4 Å². The standard InChI is InChI=1S/C9H4Cl2N2O3.K/c10-5-1-4(2-6(11)3-5)7-12-13-8(16-7)9(14)15;/h1-3H,(H,14,15);/q;+1/p-1. The number of halogens is 2. The number of aromatic carboxylic acids is 1. The maximum atomic E-state index is 10.4. The third kappa shape index (κ3) is 3.75. The van der Waals surface area contributed by atoms with Crippen LogP contribution in [0.15, 0.2) is 22.6 Å². The van der Waals surface area contributed by atoms with Gasteiger partial charge in [0.25, 0.3) is 5.89 Å². The molecule has 1 aromatic heterocycles. The van der Waals surface area contributed by atoms with Gasteiger partial charge in [0.15, 0.2) is 0 Å². The Balaban J connectivity index is 0.00000144. The maximum Gasteiger partial charge on any atom is 1.00 e. The molecule has 0 atom stereocenters. The molecular formula is C9H3Cl2KN2O3.